The first kappa shape index (κ1) is 13.7. The summed E-state index contributed by atoms with van der Waals surface area (Å²) in [7, 11) is 0. The van der Waals surface area contributed by atoms with E-state index in [-0.39, 0.29) is 11.5 Å². The summed E-state index contributed by atoms with van der Waals surface area (Å²) in [5.74, 6) is -0.0511. The standard InChI is InChI=1S/C14H12F2O2S/c1-8-7-9(2)19-13(8)12(17)10-3-5-11(6-4-10)18-14(15)16/h3-7,14H,1-2H3. The zero-order valence-electron chi connectivity index (χ0n) is 10.4. The van der Waals surface area contributed by atoms with Crippen LogP contribution in [0.15, 0.2) is 30.3 Å². The average Bonchev–Trinajstić information content (AvgIpc) is 2.68. The zero-order valence-corrected chi connectivity index (χ0v) is 11.3. The Labute approximate surface area is 113 Å². The van der Waals surface area contributed by atoms with Crippen molar-refractivity contribution in [1.82, 2.24) is 0 Å². The lowest BCUT2D eigenvalue weighted by molar-refractivity contribution is -0.0498. The normalized spacial score (nSPS) is 10.8. The molecule has 0 amide bonds. The van der Waals surface area contributed by atoms with Crippen LogP contribution in [0.2, 0.25) is 0 Å². The van der Waals surface area contributed by atoms with Crippen LogP contribution in [0.25, 0.3) is 0 Å². The highest BCUT2D eigenvalue weighted by molar-refractivity contribution is 7.14. The van der Waals surface area contributed by atoms with Crippen molar-refractivity contribution in [1.29, 1.82) is 0 Å². The molecule has 0 fully saturated rings. The number of ketones is 1. The lowest BCUT2D eigenvalue weighted by Crippen LogP contribution is -2.03. The van der Waals surface area contributed by atoms with Crippen molar-refractivity contribution < 1.29 is 18.3 Å². The smallest absolute Gasteiger partial charge is 0.387 e. The summed E-state index contributed by atoms with van der Waals surface area (Å²) in [4.78, 5) is 14.0. The summed E-state index contributed by atoms with van der Waals surface area (Å²) >= 11 is 1.43. The Balaban J connectivity index is 2.22. The summed E-state index contributed by atoms with van der Waals surface area (Å²) in [6.45, 7) is 0.961. The van der Waals surface area contributed by atoms with Gasteiger partial charge in [-0.25, -0.2) is 0 Å². The van der Waals surface area contributed by atoms with Gasteiger partial charge in [-0.3, -0.25) is 4.79 Å². The number of hydrogen-bond donors (Lipinski definition) is 0. The van der Waals surface area contributed by atoms with Crippen molar-refractivity contribution in [2.75, 3.05) is 0 Å². The minimum Gasteiger partial charge on any atom is -0.435 e. The molecule has 2 nitrogen and oxygen atoms in total. The minimum absolute atomic E-state index is 0.0469. The number of thiophene rings is 1. The van der Waals surface area contributed by atoms with Gasteiger partial charge >= 0.3 is 6.61 Å². The van der Waals surface area contributed by atoms with Gasteiger partial charge in [0.25, 0.3) is 0 Å². The molecule has 0 atom stereocenters. The largest absolute Gasteiger partial charge is 0.435 e. The molecule has 5 heteroatoms. The molecule has 19 heavy (non-hydrogen) atoms. The number of benzene rings is 1. The van der Waals surface area contributed by atoms with Crippen LogP contribution in [0.5, 0.6) is 5.75 Å². The van der Waals surface area contributed by atoms with Crippen LogP contribution in [-0.4, -0.2) is 12.4 Å². The number of carbonyl (C=O) groups excluding carboxylic acids is 1. The Morgan fingerprint density at radius 3 is 2.32 bits per heavy atom. The quantitative estimate of drug-likeness (QED) is 0.786. The van der Waals surface area contributed by atoms with E-state index in [0.717, 1.165) is 10.4 Å². The lowest BCUT2D eigenvalue weighted by atomic mass is 10.1. The highest BCUT2D eigenvalue weighted by atomic mass is 32.1. The van der Waals surface area contributed by atoms with Crippen LogP contribution in [0.1, 0.15) is 25.7 Å². The van der Waals surface area contributed by atoms with E-state index >= 15 is 0 Å². The number of ether oxygens (including phenoxy) is 1. The van der Waals surface area contributed by atoms with Gasteiger partial charge < -0.3 is 4.74 Å². The van der Waals surface area contributed by atoms with Gasteiger partial charge in [0.05, 0.1) is 4.88 Å². The molecule has 2 aromatic rings. The molecule has 0 saturated heterocycles. The molecule has 1 aromatic carbocycles. The van der Waals surface area contributed by atoms with Gasteiger partial charge in [0.15, 0.2) is 0 Å². The second kappa shape index (κ2) is 5.48. The van der Waals surface area contributed by atoms with E-state index in [1.165, 1.54) is 35.6 Å². The molecule has 0 aliphatic heterocycles. The van der Waals surface area contributed by atoms with Crippen LogP contribution in [0.4, 0.5) is 8.78 Å². The lowest BCUT2D eigenvalue weighted by Gasteiger charge is -2.05. The van der Waals surface area contributed by atoms with Crippen molar-refractivity contribution in [3.63, 3.8) is 0 Å². The zero-order chi connectivity index (χ0) is 14.0. The summed E-state index contributed by atoms with van der Waals surface area (Å²) in [6, 6.07) is 7.68. The Kier molecular flexibility index (Phi) is 3.95. The van der Waals surface area contributed by atoms with Gasteiger partial charge in [0.2, 0.25) is 5.78 Å². The molecule has 0 aliphatic rings. The van der Waals surface area contributed by atoms with Crippen molar-refractivity contribution in [3.05, 3.63) is 51.2 Å². The molecule has 0 N–H and O–H groups in total. The minimum atomic E-state index is -2.86. The third kappa shape index (κ3) is 3.17. The Bertz CT molecular complexity index is 588. The van der Waals surface area contributed by atoms with Crippen molar-refractivity contribution in [2.45, 2.75) is 20.5 Å². The van der Waals surface area contributed by atoms with E-state index in [2.05, 4.69) is 4.74 Å². The number of carbonyl (C=O) groups is 1. The topological polar surface area (TPSA) is 26.3 Å². The number of alkyl halides is 2. The van der Waals surface area contributed by atoms with Crippen molar-refractivity contribution in [3.8, 4) is 5.75 Å². The van der Waals surface area contributed by atoms with E-state index in [1.807, 2.05) is 19.9 Å². The van der Waals surface area contributed by atoms with E-state index in [1.54, 1.807) is 0 Å². The van der Waals surface area contributed by atoms with Gasteiger partial charge in [-0.15, -0.1) is 11.3 Å². The molecular weight excluding hydrogens is 270 g/mol. The maximum atomic E-state index is 12.2. The summed E-state index contributed by atoms with van der Waals surface area (Å²) < 4.78 is 28.3. The maximum Gasteiger partial charge on any atom is 0.387 e. The fraction of sp³-hybridized carbons (Fsp3) is 0.214. The first-order chi connectivity index (χ1) is 8.97. The summed E-state index contributed by atoms with van der Waals surface area (Å²) in [5.41, 5.74) is 1.40. The molecular formula is C14H12F2O2S. The molecule has 1 heterocycles. The molecule has 0 aliphatic carbocycles. The van der Waals surface area contributed by atoms with Gasteiger partial charge in [0.1, 0.15) is 5.75 Å². The third-order valence-electron chi connectivity index (χ3n) is 2.59. The predicted molar refractivity (Wildman–Crippen MR) is 70.3 cm³/mol. The van der Waals surface area contributed by atoms with E-state index in [4.69, 9.17) is 0 Å². The number of rotatable bonds is 4. The number of hydrogen-bond acceptors (Lipinski definition) is 3. The first-order valence-electron chi connectivity index (χ1n) is 5.64. The Morgan fingerprint density at radius 2 is 1.84 bits per heavy atom. The molecule has 2 rings (SSSR count). The Morgan fingerprint density at radius 1 is 1.21 bits per heavy atom. The average molecular weight is 282 g/mol. The molecule has 1 aromatic heterocycles. The molecule has 0 bridgehead atoms. The summed E-state index contributed by atoms with van der Waals surface area (Å²) in [5, 5.41) is 0. The highest BCUT2D eigenvalue weighted by Gasteiger charge is 2.15. The molecule has 0 spiro atoms. The molecule has 0 radical (unpaired) electrons. The van der Waals surface area contributed by atoms with Gasteiger partial charge in [-0.05, 0) is 49.7 Å². The Hall–Kier alpha value is -1.75. The second-order valence-corrected chi connectivity index (χ2v) is 5.36. The van der Waals surface area contributed by atoms with E-state index in [9.17, 15) is 13.6 Å². The molecule has 100 valence electrons. The fourth-order valence-electron chi connectivity index (χ4n) is 1.79. The van der Waals surface area contributed by atoms with Gasteiger partial charge in [-0.2, -0.15) is 8.78 Å². The van der Waals surface area contributed by atoms with Crippen LogP contribution in [0.3, 0.4) is 0 Å². The third-order valence-corrected chi connectivity index (χ3v) is 3.74. The van der Waals surface area contributed by atoms with Gasteiger partial charge in [0, 0.05) is 10.4 Å². The monoisotopic (exact) mass is 282 g/mol. The first-order valence-corrected chi connectivity index (χ1v) is 6.45. The molecule has 0 saturated carbocycles. The number of aryl methyl sites for hydroxylation is 2. The van der Waals surface area contributed by atoms with E-state index < -0.39 is 6.61 Å². The SMILES string of the molecule is Cc1cc(C)c(C(=O)c2ccc(OC(F)F)cc2)s1. The van der Waals surface area contributed by atoms with Crippen molar-refractivity contribution >= 4 is 17.1 Å². The number of halogens is 2. The predicted octanol–water partition coefficient (Wildman–Crippen LogP) is 4.20. The van der Waals surface area contributed by atoms with Crippen LogP contribution >= 0.6 is 11.3 Å². The van der Waals surface area contributed by atoms with Gasteiger partial charge in [-0.1, -0.05) is 0 Å². The maximum absolute atomic E-state index is 12.2. The van der Waals surface area contributed by atoms with Crippen LogP contribution in [-0.2, 0) is 0 Å². The summed E-state index contributed by atoms with van der Waals surface area (Å²) in [6.07, 6.45) is 0. The molecule has 0 unspecified atom stereocenters. The second-order valence-electron chi connectivity index (χ2n) is 4.10. The van der Waals surface area contributed by atoms with Crippen molar-refractivity contribution in [2.24, 2.45) is 0 Å². The van der Waals surface area contributed by atoms with E-state index in [0.29, 0.717) is 10.4 Å². The van der Waals surface area contributed by atoms with Crippen LogP contribution in [0, 0.1) is 13.8 Å². The highest BCUT2D eigenvalue weighted by Crippen LogP contribution is 2.25. The fourth-order valence-corrected chi connectivity index (χ4v) is 2.77. The van der Waals surface area contributed by atoms with Crippen LogP contribution < -0.4 is 4.74 Å².